The molecule has 2 rings (SSSR count). The van der Waals surface area contributed by atoms with Gasteiger partial charge in [0, 0.05) is 5.56 Å². The maximum absolute atomic E-state index is 14.1. The lowest BCUT2D eigenvalue weighted by Crippen LogP contribution is -2.14. The Hall–Kier alpha value is -2.07. The van der Waals surface area contributed by atoms with Crippen molar-refractivity contribution < 1.29 is 9.13 Å². The van der Waals surface area contributed by atoms with Crippen molar-refractivity contribution in [3.05, 3.63) is 63.9 Å². The van der Waals surface area contributed by atoms with Gasteiger partial charge in [0.05, 0.1) is 10.6 Å². The second-order valence-electron chi connectivity index (χ2n) is 4.41. The van der Waals surface area contributed by atoms with Gasteiger partial charge in [0.15, 0.2) is 0 Å². The SMILES string of the molecule is Cc1ccc(OCc2cccc(C(=N)N)c2F)c(Cl)c1. The Morgan fingerprint density at radius 2 is 2.10 bits per heavy atom. The van der Waals surface area contributed by atoms with Gasteiger partial charge >= 0.3 is 0 Å². The van der Waals surface area contributed by atoms with Crippen LogP contribution in [0, 0.1) is 18.2 Å². The average Bonchev–Trinajstić information content (AvgIpc) is 2.39. The van der Waals surface area contributed by atoms with Crippen molar-refractivity contribution in [1.82, 2.24) is 0 Å². The maximum atomic E-state index is 14.1. The predicted octanol–water partition coefficient (Wildman–Crippen LogP) is 3.65. The van der Waals surface area contributed by atoms with Crippen LogP contribution in [0.5, 0.6) is 5.75 Å². The van der Waals surface area contributed by atoms with Crippen LogP contribution in [-0.2, 0) is 6.61 Å². The van der Waals surface area contributed by atoms with Gasteiger partial charge in [0.1, 0.15) is 24.0 Å². The molecule has 0 aliphatic heterocycles. The molecule has 0 bridgehead atoms. The summed E-state index contributed by atoms with van der Waals surface area (Å²) >= 11 is 6.04. The molecule has 0 aliphatic rings. The molecule has 0 aliphatic carbocycles. The number of hydrogen-bond acceptors (Lipinski definition) is 2. The third kappa shape index (κ3) is 3.08. The lowest BCUT2D eigenvalue weighted by Gasteiger charge is -2.11. The monoisotopic (exact) mass is 292 g/mol. The van der Waals surface area contributed by atoms with Crippen molar-refractivity contribution in [2.45, 2.75) is 13.5 Å². The van der Waals surface area contributed by atoms with E-state index in [-0.39, 0.29) is 18.0 Å². The summed E-state index contributed by atoms with van der Waals surface area (Å²) in [5.41, 5.74) is 6.73. The van der Waals surface area contributed by atoms with Gasteiger partial charge in [-0.1, -0.05) is 29.8 Å². The summed E-state index contributed by atoms with van der Waals surface area (Å²) in [4.78, 5) is 0. The van der Waals surface area contributed by atoms with E-state index in [1.165, 1.54) is 6.07 Å². The molecule has 0 radical (unpaired) electrons. The number of ether oxygens (including phenoxy) is 1. The third-order valence-corrected chi connectivity index (χ3v) is 3.13. The molecule has 0 amide bonds. The standard InChI is InChI=1S/C15H14ClFN2O/c1-9-5-6-13(12(16)7-9)20-8-10-3-2-4-11(14(10)17)15(18)19/h2-7H,8H2,1H3,(H3,18,19). The summed E-state index contributed by atoms with van der Waals surface area (Å²) in [5, 5.41) is 7.78. The van der Waals surface area contributed by atoms with Gasteiger partial charge < -0.3 is 10.5 Å². The molecule has 3 N–H and O–H groups in total. The van der Waals surface area contributed by atoms with Gasteiger partial charge in [-0.3, -0.25) is 5.41 Å². The molecular weight excluding hydrogens is 279 g/mol. The van der Waals surface area contributed by atoms with Crippen molar-refractivity contribution in [2.75, 3.05) is 0 Å². The Kier molecular flexibility index (Phi) is 4.25. The number of amidine groups is 1. The normalized spacial score (nSPS) is 10.3. The molecule has 2 aromatic rings. The summed E-state index contributed by atoms with van der Waals surface area (Å²) in [7, 11) is 0. The van der Waals surface area contributed by atoms with E-state index in [0.717, 1.165) is 5.56 Å². The second kappa shape index (κ2) is 5.92. The molecule has 2 aromatic carbocycles. The molecule has 0 unspecified atom stereocenters. The lowest BCUT2D eigenvalue weighted by molar-refractivity contribution is 0.300. The first-order valence-corrected chi connectivity index (χ1v) is 6.37. The zero-order valence-corrected chi connectivity index (χ0v) is 11.7. The van der Waals surface area contributed by atoms with Crippen molar-refractivity contribution in [1.29, 1.82) is 5.41 Å². The summed E-state index contributed by atoms with van der Waals surface area (Å²) < 4.78 is 19.6. The van der Waals surface area contributed by atoms with E-state index in [9.17, 15) is 4.39 Å². The van der Waals surface area contributed by atoms with Gasteiger partial charge in [0.2, 0.25) is 0 Å². The van der Waals surface area contributed by atoms with Crippen LogP contribution in [0.4, 0.5) is 4.39 Å². The van der Waals surface area contributed by atoms with E-state index >= 15 is 0 Å². The fourth-order valence-corrected chi connectivity index (χ4v) is 2.07. The minimum atomic E-state index is -0.539. The number of nitrogen functional groups attached to an aromatic ring is 1. The topological polar surface area (TPSA) is 59.1 Å². The van der Waals surface area contributed by atoms with E-state index in [1.54, 1.807) is 24.3 Å². The largest absolute Gasteiger partial charge is 0.487 e. The van der Waals surface area contributed by atoms with Gasteiger partial charge in [-0.25, -0.2) is 4.39 Å². The highest BCUT2D eigenvalue weighted by Crippen LogP contribution is 2.26. The zero-order chi connectivity index (χ0) is 14.7. The number of nitrogens with two attached hydrogens (primary N) is 1. The first-order chi connectivity index (χ1) is 9.49. The van der Waals surface area contributed by atoms with E-state index in [0.29, 0.717) is 16.3 Å². The quantitative estimate of drug-likeness (QED) is 0.667. The summed E-state index contributed by atoms with van der Waals surface area (Å²) in [6.45, 7) is 1.95. The number of rotatable bonds is 4. The smallest absolute Gasteiger partial charge is 0.140 e. The third-order valence-electron chi connectivity index (χ3n) is 2.84. The van der Waals surface area contributed by atoms with Crippen molar-refractivity contribution in [2.24, 2.45) is 5.73 Å². The van der Waals surface area contributed by atoms with E-state index < -0.39 is 5.82 Å². The van der Waals surface area contributed by atoms with E-state index in [4.69, 9.17) is 27.5 Å². The minimum Gasteiger partial charge on any atom is -0.487 e. The maximum Gasteiger partial charge on any atom is 0.140 e. The van der Waals surface area contributed by atoms with Gasteiger partial charge in [-0.05, 0) is 30.7 Å². The fraction of sp³-hybridized carbons (Fsp3) is 0.133. The molecule has 0 fully saturated rings. The molecular formula is C15H14ClFN2O. The van der Waals surface area contributed by atoms with Crippen LogP contribution in [0.1, 0.15) is 16.7 Å². The zero-order valence-electron chi connectivity index (χ0n) is 10.9. The van der Waals surface area contributed by atoms with Crippen LogP contribution in [0.3, 0.4) is 0 Å². The first-order valence-electron chi connectivity index (χ1n) is 6.00. The highest BCUT2D eigenvalue weighted by Gasteiger charge is 2.11. The minimum absolute atomic E-state index is 0.0235. The molecule has 0 saturated heterocycles. The van der Waals surface area contributed by atoms with Crippen LogP contribution in [0.15, 0.2) is 36.4 Å². The van der Waals surface area contributed by atoms with E-state index in [2.05, 4.69) is 0 Å². The average molecular weight is 293 g/mol. The van der Waals surface area contributed by atoms with Crippen LogP contribution in [0.2, 0.25) is 5.02 Å². The van der Waals surface area contributed by atoms with Crippen LogP contribution >= 0.6 is 11.6 Å². The summed E-state index contributed by atoms with van der Waals surface area (Å²) in [6, 6.07) is 10.1. The number of benzene rings is 2. The number of hydrogen-bond donors (Lipinski definition) is 2. The Morgan fingerprint density at radius 1 is 1.35 bits per heavy atom. The lowest BCUT2D eigenvalue weighted by atomic mass is 10.1. The fourth-order valence-electron chi connectivity index (χ4n) is 1.78. The van der Waals surface area contributed by atoms with E-state index in [1.807, 2.05) is 13.0 Å². The van der Waals surface area contributed by atoms with Crippen LogP contribution in [-0.4, -0.2) is 5.84 Å². The summed E-state index contributed by atoms with van der Waals surface area (Å²) in [5.74, 6) is -0.356. The number of nitrogens with one attached hydrogen (secondary N) is 1. The van der Waals surface area contributed by atoms with Crippen molar-refractivity contribution in [3.8, 4) is 5.75 Å². The van der Waals surface area contributed by atoms with Gasteiger partial charge in [-0.2, -0.15) is 0 Å². The molecule has 104 valence electrons. The highest BCUT2D eigenvalue weighted by atomic mass is 35.5. The molecule has 0 aromatic heterocycles. The molecule has 0 saturated carbocycles. The molecule has 0 spiro atoms. The second-order valence-corrected chi connectivity index (χ2v) is 4.82. The Labute approximate surface area is 121 Å². The van der Waals surface area contributed by atoms with Gasteiger partial charge in [0.25, 0.3) is 0 Å². The first kappa shape index (κ1) is 14.3. The van der Waals surface area contributed by atoms with Crippen LogP contribution < -0.4 is 10.5 Å². The van der Waals surface area contributed by atoms with Crippen molar-refractivity contribution >= 4 is 17.4 Å². The number of halogens is 2. The Balaban J connectivity index is 2.19. The predicted molar refractivity (Wildman–Crippen MR) is 77.9 cm³/mol. The molecule has 0 atom stereocenters. The number of aryl methyl sites for hydroxylation is 1. The molecule has 20 heavy (non-hydrogen) atoms. The Morgan fingerprint density at radius 3 is 2.75 bits per heavy atom. The Bertz CT molecular complexity index is 658. The van der Waals surface area contributed by atoms with Crippen LogP contribution in [0.25, 0.3) is 0 Å². The molecule has 0 heterocycles. The van der Waals surface area contributed by atoms with Crippen molar-refractivity contribution in [3.63, 3.8) is 0 Å². The van der Waals surface area contributed by atoms with Gasteiger partial charge in [-0.15, -0.1) is 0 Å². The summed E-state index contributed by atoms with van der Waals surface area (Å²) in [6.07, 6.45) is 0. The highest BCUT2D eigenvalue weighted by molar-refractivity contribution is 6.32. The molecule has 5 heteroatoms. The molecule has 3 nitrogen and oxygen atoms in total.